The van der Waals surface area contributed by atoms with Crippen LogP contribution in [0.4, 0.5) is 0 Å². The molecule has 0 amide bonds. The van der Waals surface area contributed by atoms with Crippen LogP contribution < -0.4 is 5.32 Å². The highest BCUT2D eigenvalue weighted by atomic mass is 15.2. The average molecular weight is 208 g/mol. The van der Waals surface area contributed by atoms with Crippen molar-refractivity contribution >= 4 is 0 Å². The maximum atomic E-state index is 4.05. The predicted octanol–water partition coefficient (Wildman–Crippen LogP) is 0.565. The summed E-state index contributed by atoms with van der Waals surface area (Å²) < 4.78 is 2.14. The second-order valence-corrected chi connectivity index (χ2v) is 4.53. The first-order valence-electron chi connectivity index (χ1n) is 5.68. The van der Waals surface area contributed by atoms with Gasteiger partial charge in [0.05, 0.1) is 6.33 Å². The highest BCUT2D eigenvalue weighted by molar-refractivity contribution is 4.81. The lowest BCUT2D eigenvalue weighted by molar-refractivity contribution is 0.168. The molecule has 84 valence electrons. The number of piperazine rings is 1. The van der Waals surface area contributed by atoms with Gasteiger partial charge in [0.15, 0.2) is 0 Å². The number of nitrogens with zero attached hydrogens (tertiary/aromatic N) is 3. The second kappa shape index (κ2) is 4.77. The molecule has 1 aromatic heterocycles. The smallest absolute Gasteiger partial charge is 0.0946 e. The lowest BCUT2D eigenvalue weighted by atomic mass is 10.1. The molecule has 4 nitrogen and oxygen atoms in total. The van der Waals surface area contributed by atoms with Crippen LogP contribution in [0.5, 0.6) is 0 Å². The Morgan fingerprint density at radius 2 is 2.00 bits per heavy atom. The van der Waals surface area contributed by atoms with Crippen molar-refractivity contribution in [1.82, 2.24) is 19.8 Å². The average Bonchev–Trinajstić information content (AvgIpc) is 2.65. The van der Waals surface area contributed by atoms with Crippen molar-refractivity contribution in [2.45, 2.75) is 32.5 Å². The molecule has 1 N–H and O–H groups in total. The zero-order valence-corrected chi connectivity index (χ0v) is 9.56. The molecule has 0 radical (unpaired) electrons. The third kappa shape index (κ3) is 3.04. The lowest BCUT2D eigenvalue weighted by Gasteiger charge is -2.36. The number of aromatic nitrogens is 2. The van der Waals surface area contributed by atoms with Crippen LogP contribution in [0.25, 0.3) is 0 Å². The molecule has 1 aliphatic heterocycles. The highest BCUT2D eigenvalue weighted by Crippen LogP contribution is 2.03. The van der Waals surface area contributed by atoms with Gasteiger partial charge >= 0.3 is 0 Å². The Kier molecular flexibility index (Phi) is 3.38. The summed E-state index contributed by atoms with van der Waals surface area (Å²) in [5.41, 5.74) is 0. The SMILES string of the molecule is CC1CN(CCn2ccnc2)CC(C)N1. The molecule has 2 rings (SSSR count). The summed E-state index contributed by atoms with van der Waals surface area (Å²) in [7, 11) is 0. The zero-order valence-electron chi connectivity index (χ0n) is 9.56. The standard InChI is InChI=1S/C11H20N4/c1-10-7-15(8-11(2)13-10)6-5-14-4-3-12-9-14/h3-4,9-11,13H,5-8H2,1-2H3. The summed E-state index contributed by atoms with van der Waals surface area (Å²) in [6, 6.07) is 1.22. The third-order valence-corrected chi connectivity index (χ3v) is 2.87. The van der Waals surface area contributed by atoms with Crippen molar-refractivity contribution in [3.05, 3.63) is 18.7 Å². The monoisotopic (exact) mass is 208 g/mol. The third-order valence-electron chi connectivity index (χ3n) is 2.87. The first-order chi connectivity index (χ1) is 7.24. The first-order valence-corrected chi connectivity index (χ1v) is 5.68. The van der Waals surface area contributed by atoms with Gasteiger partial charge in [0.1, 0.15) is 0 Å². The number of rotatable bonds is 3. The van der Waals surface area contributed by atoms with E-state index in [1.165, 1.54) is 0 Å². The van der Waals surface area contributed by atoms with Gasteiger partial charge in [0.2, 0.25) is 0 Å². The van der Waals surface area contributed by atoms with E-state index >= 15 is 0 Å². The molecule has 1 fully saturated rings. The predicted molar refractivity (Wildman–Crippen MR) is 60.7 cm³/mol. The van der Waals surface area contributed by atoms with Crippen LogP contribution in [0, 0.1) is 0 Å². The minimum absolute atomic E-state index is 0.608. The number of hydrogen-bond donors (Lipinski definition) is 1. The number of nitrogens with one attached hydrogen (secondary N) is 1. The first kappa shape index (κ1) is 10.6. The minimum atomic E-state index is 0.608. The quantitative estimate of drug-likeness (QED) is 0.788. The van der Waals surface area contributed by atoms with Gasteiger partial charge in [-0.1, -0.05) is 0 Å². The number of imidazole rings is 1. The van der Waals surface area contributed by atoms with Crippen LogP contribution in [0.15, 0.2) is 18.7 Å². The van der Waals surface area contributed by atoms with Gasteiger partial charge < -0.3 is 9.88 Å². The van der Waals surface area contributed by atoms with Crippen LogP contribution in [0.2, 0.25) is 0 Å². The molecular formula is C11H20N4. The molecule has 2 unspecified atom stereocenters. The Balaban J connectivity index is 1.79. The lowest BCUT2D eigenvalue weighted by Crippen LogP contribution is -2.54. The zero-order chi connectivity index (χ0) is 10.7. The Bertz CT molecular complexity index is 273. The van der Waals surface area contributed by atoms with E-state index in [0.717, 1.165) is 26.2 Å². The van der Waals surface area contributed by atoms with E-state index in [2.05, 4.69) is 33.6 Å². The van der Waals surface area contributed by atoms with E-state index in [4.69, 9.17) is 0 Å². The molecule has 1 aliphatic rings. The van der Waals surface area contributed by atoms with E-state index in [9.17, 15) is 0 Å². The van der Waals surface area contributed by atoms with Gasteiger partial charge in [-0.2, -0.15) is 0 Å². The maximum Gasteiger partial charge on any atom is 0.0946 e. The molecule has 2 heterocycles. The van der Waals surface area contributed by atoms with Crippen molar-refractivity contribution in [3.63, 3.8) is 0 Å². The fourth-order valence-corrected chi connectivity index (χ4v) is 2.30. The van der Waals surface area contributed by atoms with E-state index in [0.29, 0.717) is 12.1 Å². The van der Waals surface area contributed by atoms with Crippen molar-refractivity contribution in [3.8, 4) is 0 Å². The largest absolute Gasteiger partial charge is 0.336 e. The fraction of sp³-hybridized carbons (Fsp3) is 0.727. The summed E-state index contributed by atoms with van der Waals surface area (Å²) >= 11 is 0. The van der Waals surface area contributed by atoms with Crippen LogP contribution >= 0.6 is 0 Å². The van der Waals surface area contributed by atoms with Crippen molar-refractivity contribution in [2.75, 3.05) is 19.6 Å². The van der Waals surface area contributed by atoms with Gasteiger partial charge in [0, 0.05) is 50.7 Å². The molecule has 15 heavy (non-hydrogen) atoms. The van der Waals surface area contributed by atoms with Gasteiger partial charge in [-0.15, -0.1) is 0 Å². The van der Waals surface area contributed by atoms with Crippen LogP contribution in [0.3, 0.4) is 0 Å². The Labute approximate surface area is 91.3 Å². The summed E-state index contributed by atoms with van der Waals surface area (Å²) in [4.78, 5) is 6.57. The second-order valence-electron chi connectivity index (χ2n) is 4.53. The minimum Gasteiger partial charge on any atom is -0.336 e. The summed E-state index contributed by atoms with van der Waals surface area (Å²) in [6.45, 7) is 8.96. The molecule has 1 saturated heterocycles. The van der Waals surface area contributed by atoms with Crippen LogP contribution in [0.1, 0.15) is 13.8 Å². The van der Waals surface area contributed by atoms with E-state index in [-0.39, 0.29) is 0 Å². The summed E-state index contributed by atoms with van der Waals surface area (Å²) in [5, 5.41) is 3.54. The van der Waals surface area contributed by atoms with Gasteiger partial charge in [-0.25, -0.2) is 4.98 Å². The molecule has 2 atom stereocenters. The molecule has 4 heteroatoms. The Morgan fingerprint density at radius 3 is 2.60 bits per heavy atom. The van der Waals surface area contributed by atoms with E-state index in [1.54, 1.807) is 0 Å². The molecule has 0 bridgehead atoms. The molecule has 0 aliphatic carbocycles. The van der Waals surface area contributed by atoms with Crippen molar-refractivity contribution in [2.24, 2.45) is 0 Å². The van der Waals surface area contributed by atoms with Gasteiger partial charge in [-0.05, 0) is 13.8 Å². The Hall–Kier alpha value is -0.870. The normalized spacial score (nSPS) is 28.1. The number of hydrogen-bond acceptors (Lipinski definition) is 3. The van der Waals surface area contributed by atoms with E-state index < -0.39 is 0 Å². The van der Waals surface area contributed by atoms with Crippen molar-refractivity contribution < 1.29 is 0 Å². The summed E-state index contributed by atoms with van der Waals surface area (Å²) in [5.74, 6) is 0. The van der Waals surface area contributed by atoms with E-state index in [1.807, 2.05) is 18.7 Å². The topological polar surface area (TPSA) is 33.1 Å². The van der Waals surface area contributed by atoms with Gasteiger partial charge in [-0.3, -0.25) is 4.90 Å². The van der Waals surface area contributed by atoms with Crippen molar-refractivity contribution in [1.29, 1.82) is 0 Å². The maximum absolute atomic E-state index is 4.05. The molecule has 0 spiro atoms. The van der Waals surface area contributed by atoms with Gasteiger partial charge in [0.25, 0.3) is 0 Å². The van der Waals surface area contributed by atoms with Crippen LogP contribution in [-0.2, 0) is 6.54 Å². The highest BCUT2D eigenvalue weighted by Gasteiger charge is 2.19. The van der Waals surface area contributed by atoms with Crippen LogP contribution in [-0.4, -0.2) is 46.2 Å². The molecule has 0 aromatic carbocycles. The fourth-order valence-electron chi connectivity index (χ4n) is 2.30. The Morgan fingerprint density at radius 1 is 1.27 bits per heavy atom. The molecule has 1 aromatic rings. The molecule has 0 saturated carbocycles. The molecular weight excluding hydrogens is 188 g/mol. The summed E-state index contributed by atoms with van der Waals surface area (Å²) in [6.07, 6.45) is 5.74.